The number of halogens is 2. The molecule has 0 heterocycles. The summed E-state index contributed by atoms with van der Waals surface area (Å²) >= 11 is 12.9. The first-order valence-corrected chi connectivity index (χ1v) is 13.0. The second-order valence-electron chi connectivity index (χ2n) is 8.93. The van der Waals surface area contributed by atoms with Crippen LogP contribution >= 0.6 is 23.2 Å². The molecule has 0 unspecified atom stereocenters. The molecule has 5 nitrogen and oxygen atoms in total. The Hall–Kier alpha value is -4.16. The maximum absolute atomic E-state index is 13.2. The van der Waals surface area contributed by atoms with Gasteiger partial charge in [0.1, 0.15) is 6.61 Å². The number of rotatable bonds is 8. The topological polar surface area (TPSA) is 70.9 Å². The summed E-state index contributed by atoms with van der Waals surface area (Å²) in [6, 6.07) is 34.9. The average Bonchev–Trinajstić information content (AvgIpc) is 2.97. The van der Waals surface area contributed by atoms with Gasteiger partial charge in [-0.1, -0.05) is 120 Å². The number of nitrogens with one attached hydrogen (secondary N) is 1. The molecule has 5 rings (SSSR count). The first-order chi connectivity index (χ1) is 18.9. The average molecular weight is 555 g/mol. The Morgan fingerprint density at radius 2 is 1.36 bits per heavy atom. The van der Waals surface area contributed by atoms with E-state index < -0.39 is 11.5 Å². The number of amides is 1. The molecule has 5 aromatic carbocycles. The molecular formula is C32H24Cl2N2O3. The van der Waals surface area contributed by atoms with Crippen LogP contribution in [0.1, 0.15) is 22.3 Å². The van der Waals surface area contributed by atoms with E-state index in [0.29, 0.717) is 39.1 Å². The number of fused-ring (bicyclic) bond motifs is 1. The molecule has 1 amide bonds. The normalized spacial score (nSPS) is 11.6. The summed E-state index contributed by atoms with van der Waals surface area (Å²) in [6.45, 7) is 0.297. The third-order valence-corrected chi connectivity index (χ3v) is 6.87. The van der Waals surface area contributed by atoms with Crippen LogP contribution in [-0.2, 0) is 17.0 Å². The SMILES string of the molecule is O=C(N/N=C/c1cc(Cl)c(OCc2ccc3ccccc3c2)c(Cl)c1)C(O)(c1ccccc1)c1ccccc1. The van der Waals surface area contributed by atoms with E-state index in [0.717, 1.165) is 16.3 Å². The van der Waals surface area contributed by atoms with Gasteiger partial charge < -0.3 is 9.84 Å². The molecule has 0 fully saturated rings. The minimum atomic E-state index is -1.93. The van der Waals surface area contributed by atoms with Crippen LogP contribution in [0, 0.1) is 0 Å². The van der Waals surface area contributed by atoms with Crippen molar-refractivity contribution in [3.05, 3.63) is 148 Å². The maximum Gasteiger partial charge on any atom is 0.281 e. The van der Waals surface area contributed by atoms with E-state index in [1.165, 1.54) is 6.21 Å². The lowest BCUT2D eigenvalue weighted by Crippen LogP contribution is -2.43. The van der Waals surface area contributed by atoms with Gasteiger partial charge in [-0.3, -0.25) is 4.79 Å². The fraction of sp³-hybridized carbons (Fsp3) is 0.0625. The monoisotopic (exact) mass is 554 g/mol. The number of nitrogens with zero attached hydrogens (tertiary/aromatic N) is 1. The van der Waals surface area contributed by atoms with Crippen molar-refractivity contribution in [3.8, 4) is 5.75 Å². The molecule has 5 aromatic rings. The standard InChI is InChI=1S/C32H24Cl2N2O3/c33-28-18-23(19-29(34)30(28)39-21-22-15-16-24-9-7-8-10-25(24)17-22)20-35-36-31(37)32(38,26-11-3-1-4-12-26)27-13-5-2-6-14-27/h1-20,38H,21H2,(H,36,37)/b35-20+. The highest BCUT2D eigenvalue weighted by Gasteiger charge is 2.39. The quantitative estimate of drug-likeness (QED) is 0.158. The van der Waals surface area contributed by atoms with E-state index in [9.17, 15) is 9.90 Å². The van der Waals surface area contributed by atoms with Gasteiger partial charge in [0, 0.05) is 0 Å². The van der Waals surface area contributed by atoms with Gasteiger partial charge in [-0.15, -0.1) is 0 Å². The highest BCUT2D eigenvalue weighted by atomic mass is 35.5. The Morgan fingerprint density at radius 1 is 0.795 bits per heavy atom. The first-order valence-electron chi connectivity index (χ1n) is 12.2. The van der Waals surface area contributed by atoms with Crippen LogP contribution in [0.3, 0.4) is 0 Å². The lowest BCUT2D eigenvalue weighted by Gasteiger charge is -2.27. The summed E-state index contributed by atoms with van der Waals surface area (Å²) < 4.78 is 5.93. The summed E-state index contributed by atoms with van der Waals surface area (Å²) in [7, 11) is 0. The second kappa shape index (κ2) is 11.7. The lowest BCUT2D eigenvalue weighted by atomic mass is 9.85. The Kier molecular flexibility index (Phi) is 7.94. The minimum absolute atomic E-state index is 0.297. The molecule has 0 aliphatic carbocycles. The van der Waals surface area contributed by atoms with Crippen molar-refractivity contribution in [1.29, 1.82) is 0 Å². The Labute approximate surface area is 236 Å². The lowest BCUT2D eigenvalue weighted by molar-refractivity contribution is -0.136. The predicted molar refractivity (Wildman–Crippen MR) is 156 cm³/mol. The number of hydrogen-bond acceptors (Lipinski definition) is 4. The molecule has 0 saturated heterocycles. The number of carbonyl (C=O) groups excluding carboxylic acids is 1. The van der Waals surface area contributed by atoms with E-state index >= 15 is 0 Å². The summed E-state index contributed by atoms with van der Waals surface area (Å²) in [5.74, 6) is -0.348. The molecule has 0 bridgehead atoms. The van der Waals surface area contributed by atoms with Gasteiger partial charge in [-0.25, -0.2) is 5.43 Å². The zero-order chi connectivity index (χ0) is 27.2. The minimum Gasteiger partial charge on any atom is -0.486 e. The zero-order valence-electron chi connectivity index (χ0n) is 20.7. The number of ether oxygens (including phenoxy) is 1. The van der Waals surface area contributed by atoms with Gasteiger partial charge >= 0.3 is 0 Å². The van der Waals surface area contributed by atoms with Crippen LogP contribution in [0.15, 0.2) is 120 Å². The molecule has 194 valence electrons. The highest BCUT2D eigenvalue weighted by molar-refractivity contribution is 6.37. The molecule has 39 heavy (non-hydrogen) atoms. The van der Waals surface area contributed by atoms with Crippen molar-refractivity contribution in [2.45, 2.75) is 12.2 Å². The number of aliphatic hydroxyl groups is 1. The molecule has 0 aromatic heterocycles. The van der Waals surface area contributed by atoms with Crippen molar-refractivity contribution >= 4 is 46.1 Å². The molecular weight excluding hydrogens is 531 g/mol. The van der Waals surface area contributed by atoms with E-state index in [-0.39, 0.29) is 0 Å². The molecule has 0 saturated carbocycles. The zero-order valence-corrected chi connectivity index (χ0v) is 22.2. The van der Waals surface area contributed by atoms with Crippen LogP contribution in [0.25, 0.3) is 10.8 Å². The molecule has 0 aliphatic rings. The fourth-order valence-corrected chi connectivity index (χ4v) is 4.92. The highest BCUT2D eigenvalue weighted by Crippen LogP contribution is 2.35. The largest absolute Gasteiger partial charge is 0.486 e. The Balaban J connectivity index is 1.30. The van der Waals surface area contributed by atoms with Crippen molar-refractivity contribution in [2.24, 2.45) is 5.10 Å². The summed E-state index contributed by atoms with van der Waals surface area (Å²) in [5, 5.41) is 18.4. The fourth-order valence-electron chi connectivity index (χ4n) is 4.31. The predicted octanol–water partition coefficient (Wildman–Crippen LogP) is 7.11. The third-order valence-electron chi connectivity index (χ3n) is 6.31. The van der Waals surface area contributed by atoms with Gasteiger partial charge in [0.15, 0.2) is 11.4 Å². The van der Waals surface area contributed by atoms with E-state index in [2.05, 4.69) is 22.7 Å². The van der Waals surface area contributed by atoms with Crippen LogP contribution in [-0.4, -0.2) is 17.2 Å². The molecule has 2 N–H and O–H groups in total. The molecule has 0 radical (unpaired) electrons. The van der Waals surface area contributed by atoms with Crippen molar-refractivity contribution in [3.63, 3.8) is 0 Å². The van der Waals surface area contributed by atoms with E-state index in [4.69, 9.17) is 27.9 Å². The molecule has 0 spiro atoms. The van der Waals surface area contributed by atoms with Gasteiger partial charge in [0.05, 0.1) is 16.3 Å². The van der Waals surface area contributed by atoms with E-state index in [1.54, 1.807) is 60.7 Å². The van der Waals surface area contributed by atoms with Crippen LogP contribution in [0.4, 0.5) is 0 Å². The van der Waals surface area contributed by atoms with Gasteiger partial charge in [-0.05, 0) is 51.2 Å². The molecule has 0 aliphatic heterocycles. The van der Waals surface area contributed by atoms with Crippen LogP contribution in [0.2, 0.25) is 10.0 Å². The maximum atomic E-state index is 13.2. The first kappa shape index (κ1) is 26.4. The Morgan fingerprint density at radius 3 is 1.97 bits per heavy atom. The second-order valence-corrected chi connectivity index (χ2v) is 9.74. The van der Waals surface area contributed by atoms with Gasteiger partial charge in [0.2, 0.25) is 0 Å². The van der Waals surface area contributed by atoms with Gasteiger partial charge in [-0.2, -0.15) is 5.10 Å². The number of carbonyl (C=O) groups is 1. The third kappa shape index (κ3) is 5.81. The number of hydrazone groups is 1. The summed E-state index contributed by atoms with van der Waals surface area (Å²) in [4.78, 5) is 13.2. The molecule has 0 atom stereocenters. The summed E-state index contributed by atoms with van der Waals surface area (Å²) in [5.41, 5.74) is 2.88. The van der Waals surface area contributed by atoms with Crippen LogP contribution in [0.5, 0.6) is 5.75 Å². The van der Waals surface area contributed by atoms with Crippen molar-refractivity contribution in [2.75, 3.05) is 0 Å². The van der Waals surface area contributed by atoms with E-state index in [1.807, 2.05) is 42.5 Å². The Bertz CT molecular complexity index is 1580. The van der Waals surface area contributed by atoms with Crippen molar-refractivity contribution in [1.82, 2.24) is 5.43 Å². The molecule has 7 heteroatoms. The van der Waals surface area contributed by atoms with Crippen molar-refractivity contribution < 1.29 is 14.6 Å². The number of benzene rings is 5. The smallest absolute Gasteiger partial charge is 0.281 e. The number of hydrogen-bond donors (Lipinski definition) is 2. The van der Waals surface area contributed by atoms with Gasteiger partial charge in [0.25, 0.3) is 5.91 Å². The summed E-state index contributed by atoms with van der Waals surface area (Å²) in [6.07, 6.45) is 1.40. The van der Waals surface area contributed by atoms with Crippen LogP contribution < -0.4 is 10.2 Å².